The van der Waals surface area contributed by atoms with Crippen molar-refractivity contribution in [2.45, 2.75) is 0 Å². The van der Waals surface area contributed by atoms with E-state index in [1.54, 1.807) is 42.8 Å². The number of hydrogen-bond donors (Lipinski definition) is 0. The van der Waals surface area contributed by atoms with E-state index in [1.165, 1.54) is 7.11 Å². The van der Waals surface area contributed by atoms with Gasteiger partial charge in [-0.2, -0.15) is 0 Å². The van der Waals surface area contributed by atoms with Gasteiger partial charge < -0.3 is 9.15 Å². The van der Waals surface area contributed by atoms with Crippen LogP contribution in [0.25, 0.3) is 0 Å². The number of carbonyl (C=O) groups is 1. The molecule has 0 N–H and O–H groups in total. The van der Waals surface area contributed by atoms with Crippen molar-refractivity contribution >= 4 is 17.9 Å². The highest BCUT2D eigenvalue weighted by molar-refractivity contribution is 5.89. The summed E-state index contributed by atoms with van der Waals surface area (Å²) in [6.07, 6.45) is 3.20. The molecule has 0 saturated heterocycles. The molecule has 0 aliphatic heterocycles. The molecule has 2 rings (SSSR count). The van der Waals surface area contributed by atoms with Crippen LogP contribution in [0, 0.1) is 0 Å². The lowest BCUT2D eigenvalue weighted by Gasteiger charge is -1.98. The van der Waals surface area contributed by atoms with Gasteiger partial charge in [-0.1, -0.05) is 0 Å². The van der Waals surface area contributed by atoms with Crippen LogP contribution in [0.5, 0.6) is 0 Å². The second-order valence-electron chi connectivity index (χ2n) is 3.31. The molecular formula is C13H11NO3. The Balaban J connectivity index is 2.11. The van der Waals surface area contributed by atoms with Gasteiger partial charge in [-0.25, -0.2) is 4.79 Å². The van der Waals surface area contributed by atoms with Gasteiger partial charge in [0.25, 0.3) is 0 Å². The number of furan rings is 1. The van der Waals surface area contributed by atoms with Gasteiger partial charge in [0.1, 0.15) is 5.76 Å². The number of methoxy groups -OCH3 is 1. The Hall–Kier alpha value is -2.36. The first-order valence-corrected chi connectivity index (χ1v) is 5.05. The van der Waals surface area contributed by atoms with Crippen LogP contribution in [0.15, 0.2) is 52.1 Å². The number of rotatable bonds is 3. The van der Waals surface area contributed by atoms with Crippen molar-refractivity contribution in [3.63, 3.8) is 0 Å². The smallest absolute Gasteiger partial charge is 0.337 e. The van der Waals surface area contributed by atoms with Gasteiger partial charge in [0.2, 0.25) is 0 Å². The third kappa shape index (κ3) is 2.81. The van der Waals surface area contributed by atoms with E-state index in [0.717, 1.165) is 5.69 Å². The first-order valence-electron chi connectivity index (χ1n) is 5.05. The van der Waals surface area contributed by atoms with E-state index in [1.807, 2.05) is 6.07 Å². The van der Waals surface area contributed by atoms with Crippen molar-refractivity contribution in [3.8, 4) is 0 Å². The van der Waals surface area contributed by atoms with E-state index in [2.05, 4.69) is 9.73 Å². The Bertz CT molecular complexity index is 512. The summed E-state index contributed by atoms with van der Waals surface area (Å²) >= 11 is 0. The van der Waals surface area contributed by atoms with Crippen LogP contribution in [0.3, 0.4) is 0 Å². The summed E-state index contributed by atoms with van der Waals surface area (Å²) in [5, 5.41) is 0. The fourth-order valence-electron chi connectivity index (χ4n) is 1.30. The molecule has 0 bridgehead atoms. The average Bonchev–Trinajstić information content (AvgIpc) is 2.89. The van der Waals surface area contributed by atoms with Crippen LogP contribution in [0.1, 0.15) is 16.1 Å². The number of nitrogens with zero attached hydrogens (tertiary/aromatic N) is 1. The highest BCUT2D eigenvalue weighted by atomic mass is 16.5. The summed E-state index contributed by atoms with van der Waals surface area (Å²) in [5.41, 5.74) is 1.25. The number of esters is 1. The molecule has 86 valence electrons. The SMILES string of the molecule is COC(=O)c1ccc(N=Cc2ccco2)cc1. The molecule has 0 amide bonds. The summed E-state index contributed by atoms with van der Waals surface area (Å²) in [6, 6.07) is 10.4. The molecule has 1 aromatic heterocycles. The van der Waals surface area contributed by atoms with Gasteiger partial charge in [-0.05, 0) is 36.4 Å². The van der Waals surface area contributed by atoms with Crippen LogP contribution in [0.2, 0.25) is 0 Å². The van der Waals surface area contributed by atoms with Crippen molar-refractivity contribution in [1.29, 1.82) is 0 Å². The van der Waals surface area contributed by atoms with Gasteiger partial charge in [-0.15, -0.1) is 0 Å². The predicted octanol–water partition coefficient (Wildman–Crippen LogP) is 2.82. The highest BCUT2D eigenvalue weighted by Crippen LogP contribution is 2.13. The Morgan fingerprint density at radius 1 is 1.29 bits per heavy atom. The standard InChI is InChI=1S/C13H11NO3/c1-16-13(15)10-4-6-11(7-5-10)14-9-12-3-2-8-17-12/h2-9H,1H3. The molecule has 4 nitrogen and oxygen atoms in total. The normalized spacial score (nSPS) is 10.6. The van der Waals surface area contributed by atoms with Crippen molar-refractivity contribution < 1.29 is 13.9 Å². The second kappa shape index (κ2) is 5.12. The summed E-state index contributed by atoms with van der Waals surface area (Å²) in [5.74, 6) is 0.327. The van der Waals surface area contributed by atoms with Crippen LogP contribution in [-0.4, -0.2) is 19.3 Å². The Morgan fingerprint density at radius 2 is 2.06 bits per heavy atom. The molecule has 4 heteroatoms. The fourth-order valence-corrected chi connectivity index (χ4v) is 1.30. The second-order valence-corrected chi connectivity index (χ2v) is 3.31. The average molecular weight is 229 g/mol. The van der Waals surface area contributed by atoms with E-state index in [4.69, 9.17) is 4.42 Å². The third-order valence-corrected chi connectivity index (χ3v) is 2.17. The van der Waals surface area contributed by atoms with Crippen LogP contribution in [0.4, 0.5) is 5.69 Å². The zero-order valence-corrected chi connectivity index (χ0v) is 9.29. The lowest BCUT2D eigenvalue weighted by atomic mass is 10.2. The minimum Gasteiger partial charge on any atom is -0.465 e. The fraction of sp³-hybridized carbons (Fsp3) is 0.0769. The van der Waals surface area contributed by atoms with E-state index in [0.29, 0.717) is 11.3 Å². The third-order valence-electron chi connectivity index (χ3n) is 2.17. The lowest BCUT2D eigenvalue weighted by Crippen LogP contribution is -1.99. The van der Waals surface area contributed by atoms with Crippen molar-refractivity contribution in [3.05, 3.63) is 54.0 Å². The summed E-state index contributed by atoms with van der Waals surface area (Å²) in [7, 11) is 1.35. The Labute approximate surface area is 98.5 Å². The maximum Gasteiger partial charge on any atom is 0.337 e. The van der Waals surface area contributed by atoms with E-state index < -0.39 is 0 Å². The molecule has 17 heavy (non-hydrogen) atoms. The topological polar surface area (TPSA) is 51.8 Å². The monoisotopic (exact) mass is 229 g/mol. The Morgan fingerprint density at radius 3 is 2.65 bits per heavy atom. The van der Waals surface area contributed by atoms with Crippen LogP contribution in [-0.2, 0) is 4.74 Å². The maximum atomic E-state index is 11.2. The van der Waals surface area contributed by atoms with E-state index >= 15 is 0 Å². The summed E-state index contributed by atoms with van der Waals surface area (Å²) in [4.78, 5) is 15.4. The summed E-state index contributed by atoms with van der Waals surface area (Å²) in [6.45, 7) is 0. The van der Waals surface area contributed by atoms with Gasteiger partial charge in [0, 0.05) is 0 Å². The molecule has 0 fully saturated rings. The molecule has 0 unspecified atom stereocenters. The number of carbonyl (C=O) groups excluding carboxylic acids is 1. The molecule has 0 spiro atoms. The quantitative estimate of drug-likeness (QED) is 0.600. The molecule has 2 aromatic rings. The van der Waals surface area contributed by atoms with Gasteiger partial charge in [0.05, 0.1) is 30.8 Å². The molecular weight excluding hydrogens is 218 g/mol. The minimum atomic E-state index is -0.355. The van der Waals surface area contributed by atoms with Crippen molar-refractivity contribution in [2.24, 2.45) is 4.99 Å². The molecule has 1 heterocycles. The van der Waals surface area contributed by atoms with Gasteiger partial charge in [-0.3, -0.25) is 4.99 Å². The lowest BCUT2D eigenvalue weighted by molar-refractivity contribution is 0.0601. The van der Waals surface area contributed by atoms with Gasteiger partial charge >= 0.3 is 5.97 Å². The molecule has 0 aliphatic rings. The first kappa shape index (κ1) is 11.1. The number of ether oxygens (including phenoxy) is 1. The minimum absolute atomic E-state index is 0.355. The zero-order chi connectivity index (χ0) is 12.1. The highest BCUT2D eigenvalue weighted by Gasteiger charge is 2.03. The first-order chi connectivity index (χ1) is 8.29. The summed E-state index contributed by atoms with van der Waals surface area (Å²) < 4.78 is 9.71. The predicted molar refractivity (Wildman–Crippen MR) is 63.7 cm³/mol. The molecule has 1 aromatic carbocycles. The van der Waals surface area contributed by atoms with Crippen molar-refractivity contribution in [1.82, 2.24) is 0 Å². The molecule has 0 atom stereocenters. The molecule has 0 radical (unpaired) electrons. The van der Waals surface area contributed by atoms with E-state index in [9.17, 15) is 4.79 Å². The largest absolute Gasteiger partial charge is 0.465 e. The van der Waals surface area contributed by atoms with Crippen LogP contribution >= 0.6 is 0 Å². The zero-order valence-electron chi connectivity index (χ0n) is 9.29. The maximum absolute atomic E-state index is 11.2. The number of aliphatic imine (C=N–C) groups is 1. The molecule has 0 saturated carbocycles. The number of hydrogen-bond acceptors (Lipinski definition) is 4. The van der Waals surface area contributed by atoms with E-state index in [-0.39, 0.29) is 5.97 Å². The Kier molecular flexibility index (Phi) is 3.35. The molecule has 0 aliphatic carbocycles. The van der Waals surface area contributed by atoms with Crippen molar-refractivity contribution in [2.75, 3.05) is 7.11 Å². The number of benzene rings is 1. The van der Waals surface area contributed by atoms with Gasteiger partial charge in [0.15, 0.2) is 0 Å². The van der Waals surface area contributed by atoms with Crippen LogP contribution < -0.4 is 0 Å².